The zero-order valence-corrected chi connectivity index (χ0v) is 7.20. The Morgan fingerprint density at radius 2 is 2.62 bits per heavy atom. The third-order valence-corrected chi connectivity index (χ3v) is 1.37. The van der Waals surface area contributed by atoms with E-state index in [0.717, 1.165) is 0 Å². The third kappa shape index (κ3) is 2.60. The highest BCUT2D eigenvalue weighted by molar-refractivity contribution is 5.91. The summed E-state index contributed by atoms with van der Waals surface area (Å²) in [7, 11) is 0. The Labute approximate surface area is 75.3 Å². The standard InChI is InChI=1S/C8H9N3O2/c1-6-5-7(13-11-6)8(12)10-4-2-3-9/h5H,2,4H2,1H3,(H,10,12). The maximum absolute atomic E-state index is 11.2. The van der Waals surface area contributed by atoms with Crippen molar-refractivity contribution in [3.63, 3.8) is 0 Å². The Morgan fingerprint density at radius 3 is 3.15 bits per heavy atom. The summed E-state index contributed by atoms with van der Waals surface area (Å²) in [4.78, 5) is 11.2. The number of carbonyl (C=O) groups is 1. The van der Waals surface area contributed by atoms with Crippen LogP contribution in [0.4, 0.5) is 0 Å². The molecule has 1 N–H and O–H groups in total. The number of aromatic nitrogens is 1. The van der Waals surface area contributed by atoms with Crippen molar-refractivity contribution >= 4 is 5.91 Å². The van der Waals surface area contributed by atoms with Crippen molar-refractivity contribution in [2.45, 2.75) is 13.3 Å². The summed E-state index contributed by atoms with van der Waals surface area (Å²) in [6, 6.07) is 3.46. The van der Waals surface area contributed by atoms with Gasteiger partial charge in [0, 0.05) is 12.6 Å². The van der Waals surface area contributed by atoms with Crippen LogP contribution in [-0.2, 0) is 0 Å². The zero-order chi connectivity index (χ0) is 9.68. The van der Waals surface area contributed by atoms with E-state index in [1.54, 1.807) is 13.0 Å². The monoisotopic (exact) mass is 179 g/mol. The molecule has 5 heteroatoms. The summed E-state index contributed by atoms with van der Waals surface area (Å²) >= 11 is 0. The molecule has 1 rings (SSSR count). The van der Waals surface area contributed by atoms with Gasteiger partial charge in [-0.05, 0) is 6.92 Å². The van der Waals surface area contributed by atoms with Crippen molar-refractivity contribution in [1.82, 2.24) is 10.5 Å². The summed E-state index contributed by atoms with van der Waals surface area (Å²) in [6.07, 6.45) is 0.291. The molecule has 0 radical (unpaired) electrons. The number of carbonyl (C=O) groups excluding carboxylic acids is 1. The lowest BCUT2D eigenvalue weighted by Gasteiger charge is -1.96. The Morgan fingerprint density at radius 1 is 1.85 bits per heavy atom. The van der Waals surface area contributed by atoms with Crippen LogP contribution in [-0.4, -0.2) is 17.6 Å². The van der Waals surface area contributed by atoms with E-state index >= 15 is 0 Å². The van der Waals surface area contributed by atoms with Gasteiger partial charge < -0.3 is 9.84 Å². The highest BCUT2D eigenvalue weighted by Gasteiger charge is 2.09. The Kier molecular flexibility index (Phi) is 3.03. The highest BCUT2D eigenvalue weighted by atomic mass is 16.5. The molecule has 0 spiro atoms. The van der Waals surface area contributed by atoms with Crippen LogP contribution in [0.5, 0.6) is 0 Å². The molecular formula is C8H9N3O2. The molecule has 0 saturated carbocycles. The molecule has 1 aromatic heterocycles. The van der Waals surface area contributed by atoms with Crippen LogP contribution in [0.2, 0.25) is 0 Å². The second-order valence-electron chi connectivity index (χ2n) is 2.50. The van der Waals surface area contributed by atoms with Gasteiger partial charge in [0.2, 0.25) is 5.76 Å². The van der Waals surface area contributed by atoms with Gasteiger partial charge in [-0.3, -0.25) is 4.79 Å². The third-order valence-electron chi connectivity index (χ3n) is 1.37. The first kappa shape index (κ1) is 9.26. The first-order valence-corrected chi connectivity index (χ1v) is 3.82. The van der Waals surface area contributed by atoms with Crippen LogP contribution in [0.15, 0.2) is 10.6 Å². The fraction of sp³-hybridized carbons (Fsp3) is 0.375. The molecule has 0 atom stereocenters. The van der Waals surface area contributed by atoms with Crippen molar-refractivity contribution in [2.75, 3.05) is 6.54 Å². The molecule has 1 heterocycles. The number of amides is 1. The van der Waals surface area contributed by atoms with Crippen LogP contribution >= 0.6 is 0 Å². The molecule has 0 aromatic carbocycles. The number of nitrogens with zero attached hydrogens (tertiary/aromatic N) is 2. The lowest BCUT2D eigenvalue weighted by molar-refractivity contribution is 0.0917. The number of rotatable bonds is 3. The van der Waals surface area contributed by atoms with Crippen LogP contribution in [0.1, 0.15) is 22.7 Å². The number of nitriles is 1. The molecule has 0 aliphatic heterocycles. The Balaban J connectivity index is 2.45. The molecule has 13 heavy (non-hydrogen) atoms. The summed E-state index contributed by atoms with van der Waals surface area (Å²) in [6.45, 7) is 2.06. The van der Waals surface area contributed by atoms with Crippen molar-refractivity contribution in [2.24, 2.45) is 0 Å². The van der Waals surface area contributed by atoms with Gasteiger partial charge >= 0.3 is 0 Å². The van der Waals surface area contributed by atoms with Gasteiger partial charge in [-0.2, -0.15) is 5.26 Å². The summed E-state index contributed by atoms with van der Waals surface area (Å²) in [5.41, 5.74) is 0.658. The van der Waals surface area contributed by atoms with E-state index in [2.05, 4.69) is 10.5 Å². The topological polar surface area (TPSA) is 78.9 Å². The second-order valence-corrected chi connectivity index (χ2v) is 2.50. The molecule has 1 amide bonds. The molecule has 0 fully saturated rings. The largest absolute Gasteiger partial charge is 0.351 e. The normalized spacial score (nSPS) is 9.23. The quantitative estimate of drug-likeness (QED) is 0.690. The van der Waals surface area contributed by atoms with Crippen molar-refractivity contribution in [3.8, 4) is 6.07 Å². The average Bonchev–Trinajstić information content (AvgIpc) is 2.52. The van der Waals surface area contributed by atoms with Crippen LogP contribution in [0, 0.1) is 18.3 Å². The average molecular weight is 179 g/mol. The van der Waals surface area contributed by atoms with Crippen LogP contribution in [0.3, 0.4) is 0 Å². The van der Waals surface area contributed by atoms with Gasteiger partial charge in [0.25, 0.3) is 5.91 Å². The number of aryl methyl sites for hydroxylation is 1. The van der Waals surface area contributed by atoms with E-state index in [4.69, 9.17) is 9.78 Å². The van der Waals surface area contributed by atoms with Crippen molar-refractivity contribution in [3.05, 3.63) is 17.5 Å². The summed E-state index contributed by atoms with van der Waals surface area (Å²) in [5.74, 6) is -0.161. The maximum Gasteiger partial charge on any atom is 0.289 e. The van der Waals surface area contributed by atoms with Gasteiger partial charge in [-0.15, -0.1) is 0 Å². The van der Waals surface area contributed by atoms with Gasteiger partial charge in [-0.25, -0.2) is 0 Å². The minimum Gasteiger partial charge on any atom is -0.351 e. The van der Waals surface area contributed by atoms with Gasteiger partial charge in [0.05, 0.1) is 18.2 Å². The van der Waals surface area contributed by atoms with Crippen molar-refractivity contribution < 1.29 is 9.32 Å². The summed E-state index contributed by atoms with van der Waals surface area (Å²) < 4.78 is 4.71. The molecule has 0 aliphatic carbocycles. The lowest BCUT2D eigenvalue weighted by atomic mass is 10.3. The van der Waals surface area contributed by atoms with Crippen LogP contribution < -0.4 is 5.32 Å². The lowest BCUT2D eigenvalue weighted by Crippen LogP contribution is -2.23. The first-order valence-electron chi connectivity index (χ1n) is 3.82. The molecule has 1 aromatic rings. The fourth-order valence-electron chi connectivity index (χ4n) is 0.790. The van der Waals surface area contributed by atoms with Crippen molar-refractivity contribution in [1.29, 1.82) is 5.26 Å². The minimum atomic E-state index is -0.337. The van der Waals surface area contributed by atoms with E-state index in [1.807, 2.05) is 6.07 Å². The predicted octanol–water partition coefficient (Wildman–Crippen LogP) is 0.626. The van der Waals surface area contributed by atoms with Gasteiger partial charge in [0.15, 0.2) is 0 Å². The van der Waals surface area contributed by atoms with E-state index in [-0.39, 0.29) is 11.7 Å². The van der Waals surface area contributed by atoms with E-state index in [9.17, 15) is 4.79 Å². The van der Waals surface area contributed by atoms with E-state index in [0.29, 0.717) is 18.7 Å². The SMILES string of the molecule is Cc1cc(C(=O)NCCC#N)on1. The molecular weight excluding hydrogens is 170 g/mol. The summed E-state index contributed by atoms with van der Waals surface area (Å²) in [5, 5.41) is 14.3. The minimum absolute atomic E-state index is 0.176. The first-order chi connectivity index (χ1) is 6.24. The number of hydrogen-bond acceptors (Lipinski definition) is 4. The number of hydrogen-bond donors (Lipinski definition) is 1. The second kappa shape index (κ2) is 4.26. The van der Waals surface area contributed by atoms with Gasteiger partial charge in [0.1, 0.15) is 0 Å². The van der Waals surface area contributed by atoms with Gasteiger partial charge in [-0.1, -0.05) is 5.16 Å². The molecule has 0 aliphatic rings. The Hall–Kier alpha value is -1.83. The molecule has 0 saturated heterocycles. The molecule has 5 nitrogen and oxygen atoms in total. The smallest absolute Gasteiger partial charge is 0.289 e. The number of nitrogens with one attached hydrogen (secondary N) is 1. The predicted molar refractivity (Wildman–Crippen MR) is 43.8 cm³/mol. The molecule has 0 unspecified atom stereocenters. The Bertz CT molecular complexity index is 337. The molecule has 68 valence electrons. The van der Waals surface area contributed by atoms with E-state index < -0.39 is 0 Å². The van der Waals surface area contributed by atoms with Crippen LogP contribution in [0.25, 0.3) is 0 Å². The highest BCUT2D eigenvalue weighted by Crippen LogP contribution is 2.00. The van der Waals surface area contributed by atoms with E-state index in [1.165, 1.54) is 0 Å². The fourth-order valence-corrected chi connectivity index (χ4v) is 0.790. The maximum atomic E-state index is 11.2. The molecule has 0 bridgehead atoms. The zero-order valence-electron chi connectivity index (χ0n) is 7.20.